The number of carbonyl (C=O) groups excluding carboxylic acids is 1. The largest absolute Gasteiger partial charge is 0.497 e. The summed E-state index contributed by atoms with van der Waals surface area (Å²) in [7, 11) is -0.766. The van der Waals surface area contributed by atoms with Crippen molar-refractivity contribution >= 4 is 19.9 Å². The fourth-order valence-electron chi connectivity index (χ4n) is 5.12. The lowest BCUT2D eigenvalue weighted by molar-refractivity contribution is -0.136. The summed E-state index contributed by atoms with van der Waals surface area (Å²) in [6.45, 7) is 13.0. The second-order valence-corrected chi connectivity index (χ2v) is 14.5. The fourth-order valence-corrected chi connectivity index (χ4v) is 10.6. The molecule has 0 bridgehead atoms. The van der Waals surface area contributed by atoms with E-state index < -0.39 is 26.3 Å². The Bertz CT molecular complexity index is 896. The van der Waals surface area contributed by atoms with Gasteiger partial charge >= 0.3 is 0 Å². The van der Waals surface area contributed by atoms with Gasteiger partial charge in [0.05, 0.1) is 7.11 Å². The molecule has 1 aliphatic rings. The first-order valence-corrected chi connectivity index (χ1v) is 13.0. The second kappa shape index (κ2) is 9.08. The maximum absolute atomic E-state index is 14.8. The minimum atomic E-state index is -2.36. The molecule has 7 heteroatoms. The highest BCUT2D eigenvalue weighted by atomic mass is 28.4. The molecule has 2 heterocycles. The number of β-lactam (4-membered cyclic amide) rings is 1. The Morgan fingerprint density at radius 3 is 2.06 bits per heavy atom. The molecule has 1 amide bonds. The van der Waals surface area contributed by atoms with Crippen LogP contribution in [0.25, 0.3) is 0 Å². The minimum absolute atomic E-state index is 0.154. The Hall–Kier alpha value is -2.25. The van der Waals surface area contributed by atoms with Crippen LogP contribution >= 0.6 is 0 Å². The number of carbonyl (C=O) groups is 1. The molecule has 0 aliphatic carbocycles. The first kappa shape index (κ1) is 23.4. The normalized spacial score (nSPS) is 19.3. The molecular weight excluding hydrogens is 411 g/mol. The number of benzene rings is 1. The summed E-state index contributed by atoms with van der Waals surface area (Å²) >= 11 is 0. The number of hydrogen-bond acceptors (Lipinski definition) is 4. The topological polar surface area (TPSA) is 51.7 Å². The molecule has 3 rings (SSSR count). The summed E-state index contributed by atoms with van der Waals surface area (Å²) in [5.74, 6) is 0.105. The number of nitrogens with zero attached hydrogens (tertiary/aromatic N) is 2. The van der Waals surface area contributed by atoms with Gasteiger partial charge in [-0.2, -0.15) is 0 Å². The maximum atomic E-state index is 14.8. The van der Waals surface area contributed by atoms with Crippen LogP contribution in [0.5, 0.6) is 5.75 Å². The molecule has 5 nitrogen and oxygen atoms in total. The zero-order valence-corrected chi connectivity index (χ0v) is 20.4. The third-order valence-corrected chi connectivity index (χ3v) is 12.6. The van der Waals surface area contributed by atoms with E-state index in [0.29, 0.717) is 28.1 Å². The Labute approximate surface area is 185 Å². The van der Waals surface area contributed by atoms with Crippen LogP contribution in [0.3, 0.4) is 0 Å². The van der Waals surface area contributed by atoms with Crippen LogP contribution in [0.4, 0.5) is 10.1 Å². The van der Waals surface area contributed by atoms with Crippen molar-refractivity contribution in [2.24, 2.45) is 0 Å². The van der Waals surface area contributed by atoms with Crippen LogP contribution in [0, 0.1) is 5.82 Å². The van der Waals surface area contributed by atoms with E-state index in [2.05, 4.69) is 46.5 Å². The van der Waals surface area contributed by atoms with Gasteiger partial charge in [0.15, 0.2) is 6.10 Å². The SMILES string of the molecule is COc1ccc(N2C(=O)[C@@H](O[Si](C(C)C)(C(C)C)C(C)C)[C@H]2c2ncccc2F)cc1. The predicted molar refractivity (Wildman–Crippen MR) is 123 cm³/mol. The molecule has 1 aliphatic heterocycles. The van der Waals surface area contributed by atoms with E-state index in [4.69, 9.17) is 9.16 Å². The number of amides is 1. The predicted octanol–water partition coefficient (Wildman–Crippen LogP) is 5.88. The molecule has 2 atom stereocenters. The van der Waals surface area contributed by atoms with Gasteiger partial charge in [0.1, 0.15) is 23.3 Å². The molecule has 31 heavy (non-hydrogen) atoms. The summed E-state index contributed by atoms with van der Waals surface area (Å²) < 4.78 is 26.8. The molecule has 0 spiro atoms. The maximum Gasteiger partial charge on any atom is 0.258 e. The Morgan fingerprint density at radius 2 is 1.58 bits per heavy atom. The highest BCUT2D eigenvalue weighted by molar-refractivity contribution is 6.77. The zero-order valence-electron chi connectivity index (χ0n) is 19.4. The summed E-state index contributed by atoms with van der Waals surface area (Å²) in [6.07, 6.45) is 0.813. The molecule has 1 fully saturated rings. The van der Waals surface area contributed by atoms with E-state index in [1.165, 1.54) is 6.07 Å². The summed E-state index contributed by atoms with van der Waals surface area (Å²) in [5, 5.41) is 0. The van der Waals surface area contributed by atoms with Crippen molar-refractivity contribution in [1.82, 2.24) is 4.98 Å². The third-order valence-electron chi connectivity index (χ3n) is 6.50. The van der Waals surface area contributed by atoms with Crippen LogP contribution in [-0.4, -0.2) is 32.4 Å². The first-order valence-electron chi connectivity index (χ1n) is 10.9. The second-order valence-electron chi connectivity index (χ2n) is 9.08. The van der Waals surface area contributed by atoms with Crippen molar-refractivity contribution in [2.75, 3.05) is 12.0 Å². The van der Waals surface area contributed by atoms with Gasteiger partial charge < -0.3 is 9.16 Å². The van der Waals surface area contributed by atoms with E-state index in [1.54, 1.807) is 48.5 Å². The molecule has 2 aromatic rings. The number of aromatic nitrogens is 1. The minimum Gasteiger partial charge on any atom is -0.497 e. The monoisotopic (exact) mass is 444 g/mol. The molecule has 1 aromatic carbocycles. The van der Waals surface area contributed by atoms with Crippen molar-refractivity contribution in [2.45, 2.75) is 70.3 Å². The third kappa shape index (κ3) is 4.01. The summed E-state index contributed by atoms with van der Waals surface area (Å²) in [5.41, 5.74) is 1.84. The van der Waals surface area contributed by atoms with Crippen LogP contribution in [0.15, 0.2) is 42.6 Å². The van der Waals surface area contributed by atoms with E-state index in [1.807, 2.05) is 0 Å². The van der Waals surface area contributed by atoms with E-state index in [0.717, 1.165) is 0 Å². The molecule has 1 aromatic heterocycles. The van der Waals surface area contributed by atoms with Gasteiger partial charge in [-0.15, -0.1) is 0 Å². The molecule has 0 saturated carbocycles. The Balaban J connectivity index is 2.05. The summed E-state index contributed by atoms with van der Waals surface area (Å²) in [4.78, 5) is 19.3. The lowest BCUT2D eigenvalue weighted by Crippen LogP contribution is -2.65. The molecule has 0 N–H and O–H groups in total. The van der Waals surface area contributed by atoms with E-state index >= 15 is 0 Å². The van der Waals surface area contributed by atoms with Gasteiger partial charge in [0, 0.05) is 11.9 Å². The Kier molecular flexibility index (Phi) is 6.86. The number of halogens is 1. The Morgan fingerprint density at radius 1 is 1.00 bits per heavy atom. The van der Waals surface area contributed by atoms with Crippen LogP contribution in [0.1, 0.15) is 53.3 Å². The van der Waals surface area contributed by atoms with Gasteiger partial charge in [-0.3, -0.25) is 14.7 Å². The molecule has 1 saturated heterocycles. The van der Waals surface area contributed by atoms with Crippen molar-refractivity contribution in [3.05, 3.63) is 54.1 Å². The molecule has 0 radical (unpaired) electrons. The number of anilines is 1. The number of hydrogen-bond donors (Lipinski definition) is 0. The van der Waals surface area contributed by atoms with E-state index in [-0.39, 0.29) is 11.6 Å². The van der Waals surface area contributed by atoms with E-state index in [9.17, 15) is 9.18 Å². The van der Waals surface area contributed by atoms with Crippen molar-refractivity contribution < 1.29 is 18.3 Å². The van der Waals surface area contributed by atoms with Gasteiger partial charge in [-0.1, -0.05) is 41.5 Å². The standard InChI is InChI=1S/C24H33FN2O3Si/c1-15(2)31(16(3)4,17(5)6)30-23-22(21-20(25)9-8-14-26-21)27(24(23)28)18-10-12-19(29-7)13-11-18/h8-17,22-23H,1-7H3/t22-,23+/m1/s1. The number of pyridine rings is 1. The van der Waals surface area contributed by atoms with Crippen molar-refractivity contribution in [1.29, 1.82) is 0 Å². The molecule has 168 valence electrons. The average molecular weight is 445 g/mol. The van der Waals surface area contributed by atoms with Gasteiger partial charge in [-0.05, 0) is 53.0 Å². The quantitative estimate of drug-likeness (QED) is 0.377. The van der Waals surface area contributed by atoms with Gasteiger partial charge in [0.2, 0.25) is 8.32 Å². The lowest BCUT2D eigenvalue weighted by atomic mass is 9.93. The fraction of sp³-hybridized carbons (Fsp3) is 0.500. The number of ether oxygens (including phenoxy) is 1. The summed E-state index contributed by atoms with van der Waals surface area (Å²) in [6, 6.07) is 9.52. The zero-order chi connectivity index (χ0) is 22.9. The van der Waals surface area contributed by atoms with Crippen LogP contribution < -0.4 is 9.64 Å². The van der Waals surface area contributed by atoms with Crippen LogP contribution in [0.2, 0.25) is 16.6 Å². The van der Waals surface area contributed by atoms with Gasteiger partial charge in [-0.25, -0.2) is 4.39 Å². The highest BCUT2D eigenvalue weighted by Crippen LogP contribution is 2.49. The number of rotatable bonds is 8. The first-order chi connectivity index (χ1) is 14.6. The molecule has 0 unspecified atom stereocenters. The van der Waals surface area contributed by atoms with Crippen LogP contribution in [-0.2, 0) is 9.22 Å². The average Bonchev–Trinajstić information content (AvgIpc) is 2.72. The van der Waals surface area contributed by atoms with Gasteiger partial charge in [0.25, 0.3) is 5.91 Å². The molecular formula is C24H33FN2O3Si. The number of methoxy groups -OCH3 is 1. The lowest BCUT2D eigenvalue weighted by Gasteiger charge is -2.52. The highest BCUT2D eigenvalue weighted by Gasteiger charge is 2.57. The van der Waals surface area contributed by atoms with Crippen molar-refractivity contribution in [3.8, 4) is 5.75 Å². The van der Waals surface area contributed by atoms with Crippen molar-refractivity contribution in [3.63, 3.8) is 0 Å². The smallest absolute Gasteiger partial charge is 0.258 e.